The van der Waals surface area contributed by atoms with Crippen molar-refractivity contribution < 1.29 is 14.3 Å². The van der Waals surface area contributed by atoms with Crippen LogP contribution in [0.2, 0.25) is 0 Å². The molecule has 2 fully saturated rings. The average Bonchev–Trinajstić information content (AvgIpc) is 2.68. The van der Waals surface area contributed by atoms with Gasteiger partial charge in [0.2, 0.25) is 5.91 Å². The summed E-state index contributed by atoms with van der Waals surface area (Å²) in [6, 6.07) is 1.95. The lowest BCUT2D eigenvalue weighted by Gasteiger charge is -2.34. The number of hydrogen-bond donors (Lipinski definition) is 1. The van der Waals surface area contributed by atoms with E-state index in [-0.39, 0.29) is 23.8 Å². The Bertz CT molecular complexity index is 653. The van der Waals surface area contributed by atoms with E-state index in [1.165, 1.54) is 26.4 Å². The zero-order chi connectivity index (χ0) is 18.5. The molecule has 1 aliphatic heterocycles. The van der Waals surface area contributed by atoms with Crippen molar-refractivity contribution in [3.8, 4) is 0 Å². The highest BCUT2D eigenvalue weighted by molar-refractivity contribution is 9.10. The lowest BCUT2D eigenvalue weighted by atomic mass is 9.88. The summed E-state index contributed by atoms with van der Waals surface area (Å²) in [5, 5.41) is 3.23. The van der Waals surface area contributed by atoms with Crippen molar-refractivity contribution in [3.05, 3.63) is 22.3 Å². The fourth-order valence-corrected chi connectivity index (χ4v) is 4.19. The average molecular weight is 424 g/mol. The molecule has 0 spiro atoms. The molecule has 1 amide bonds. The number of anilines is 1. The number of esters is 1. The topological polar surface area (TPSA) is 71.5 Å². The summed E-state index contributed by atoms with van der Waals surface area (Å²) in [5.41, 5.74) is 0.464. The molecule has 1 saturated carbocycles. The quantitative estimate of drug-likeness (QED) is 0.752. The first-order valence-electron chi connectivity index (χ1n) is 9.37. The highest BCUT2D eigenvalue weighted by Crippen LogP contribution is 2.27. The second-order valence-electron chi connectivity index (χ2n) is 7.12. The van der Waals surface area contributed by atoms with Gasteiger partial charge in [-0.05, 0) is 47.7 Å². The van der Waals surface area contributed by atoms with Crippen LogP contribution in [0.25, 0.3) is 0 Å². The molecule has 2 heterocycles. The third-order valence-corrected chi connectivity index (χ3v) is 5.79. The Hall–Kier alpha value is -1.63. The molecule has 3 rings (SSSR count). The van der Waals surface area contributed by atoms with Crippen LogP contribution in [-0.4, -0.2) is 43.1 Å². The summed E-state index contributed by atoms with van der Waals surface area (Å²) in [5.74, 6) is 0.680. The van der Waals surface area contributed by atoms with Gasteiger partial charge in [-0.15, -0.1) is 0 Å². The zero-order valence-corrected chi connectivity index (χ0v) is 16.8. The third kappa shape index (κ3) is 4.55. The molecule has 1 aromatic rings. The fourth-order valence-electron chi connectivity index (χ4n) is 3.86. The number of nitrogens with one attached hydrogen (secondary N) is 1. The van der Waals surface area contributed by atoms with Crippen molar-refractivity contribution in [2.45, 2.75) is 51.0 Å². The van der Waals surface area contributed by atoms with Gasteiger partial charge in [-0.25, -0.2) is 9.78 Å². The van der Waals surface area contributed by atoms with E-state index >= 15 is 0 Å². The molecular weight excluding hydrogens is 398 g/mol. The number of rotatable bonds is 4. The molecule has 0 aromatic carbocycles. The number of pyridine rings is 1. The van der Waals surface area contributed by atoms with Crippen molar-refractivity contribution in [2.24, 2.45) is 5.92 Å². The standard InChI is InChI=1S/C19H26BrN3O3/c1-26-19(25)16-11-14(20)12-21-17(16)23-9-7-15(8-10-23)22-18(24)13-5-3-2-4-6-13/h11-13,15H,2-10H2,1H3,(H,22,24). The van der Waals surface area contributed by atoms with Crippen molar-refractivity contribution in [2.75, 3.05) is 25.1 Å². The molecule has 26 heavy (non-hydrogen) atoms. The second-order valence-corrected chi connectivity index (χ2v) is 8.04. The second kappa shape index (κ2) is 8.84. The highest BCUT2D eigenvalue weighted by atomic mass is 79.9. The minimum Gasteiger partial charge on any atom is -0.465 e. The van der Waals surface area contributed by atoms with E-state index in [2.05, 4.69) is 31.1 Å². The molecule has 1 saturated heterocycles. The molecule has 1 aliphatic carbocycles. The van der Waals surface area contributed by atoms with Gasteiger partial charge in [0.1, 0.15) is 11.4 Å². The maximum atomic E-state index is 12.4. The molecule has 0 radical (unpaired) electrons. The number of piperidine rings is 1. The summed E-state index contributed by atoms with van der Waals surface area (Å²) in [4.78, 5) is 31.0. The van der Waals surface area contributed by atoms with Crippen LogP contribution in [-0.2, 0) is 9.53 Å². The monoisotopic (exact) mass is 423 g/mol. The van der Waals surface area contributed by atoms with Gasteiger partial charge in [-0.3, -0.25) is 4.79 Å². The van der Waals surface area contributed by atoms with Gasteiger partial charge in [0, 0.05) is 35.7 Å². The van der Waals surface area contributed by atoms with Crippen molar-refractivity contribution in [1.82, 2.24) is 10.3 Å². The summed E-state index contributed by atoms with van der Waals surface area (Å²) >= 11 is 3.36. The van der Waals surface area contributed by atoms with Crippen LogP contribution in [0.3, 0.4) is 0 Å². The Balaban J connectivity index is 1.58. The van der Waals surface area contributed by atoms with Crippen LogP contribution in [0.5, 0.6) is 0 Å². The Labute approximate surface area is 162 Å². The first kappa shape index (κ1) is 19.1. The largest absolute Gasteiger partial charge is 0.465 e. The first-order chi connectivity index (χ1) is 12.6. The molecule has 0 bridgehead atoms. The van der Waals surface area contributed by atoms with E-state index in [0.29, 0.717) is 11.4 Å². The smallest absolute Gasteiger partial charge is 0.341 e. The highest BCUT2D eigenvalue weighted by Gasteiger charge is 2.28. The lowest BCUT2D eigenvalue weighted by molar-refractivity contribution is -0.126. The van der Waals surface area contributed by atoms with E-state index in [1.54, 1.807) is 12.3 Å². The molecule has 7 heteroatoms. The number of ether oxygens (including phenoxy) is 1. The number of halogens is 1. The summed E-state index contributed by atoms with van der Waals surface area (Å²) in [6.07, 6.45) is 9.05. The molecule has 1 N–H and O–H groups in total. The molecular formula is C19H26BrN3O3. The van der Waals surface area contributed by atoms with Crippen LogP contribution < -0.4 is 10.2 Å². The van der Waals surface area contributed by atoms with Gasteiger partial charge in [-0.1, -0.05) is 19.3 Å². The molecule has 0 unspecified atom stereocenters. The van der Waals surface area contributed by atoms with Gasteiger partial charge < -0.3 is 15.0 Å². The molecule has 6 nitrogen and oxygen atoms in total. The van der Waals surface area contributed by atoms with Gasteiger partial charge >= 0.3 is 5.97 Å². The predicted molar refractivity (Wildman–Crippen MR) is 103 cm³/mol. The minimum absolute atomic E-state index is 0.195. The van der Waals surface area contributed by atoms with Crippen LogP contribution in [0, 0.1) is 5.92 Å². The SMILES string of the molecule is COC(=O)c1cc(Br)cnc1N1CCC(NC(=O)C2CCCCC2)CC1. The number of amides is 1. The number of methoxy groups -OCH3 is 1. The van der Waals surface area contributed by atoms with Crippen molar-refractivity contribution in [1.29, 1.82) is 0 Å². The Kier molecular flexibility index (Phi) is 6.51. The Morgan fingerprint density at radius 2 is 1.88 bits per heavy atom. The molecule has 2 aliphatic rings. The number of carbonyl (C=O) groups is 2. The maximum absolute atomic E-state index is 12.4. The number of aromatic nitrogens is 1. The van der Waals surface area contributed by atoms with Gasteiger partial charge in [-0.2, -0.15) is 0 Å². The maximum Gasteiger partial charge on any atom is 0.341 e. The normalized spacial score (nSPS) is 19.2. The van der Waals surface area contributed by atoms with Crippen LogP contribution in [0.4, 0.5) is 5.82 Å². The van der Waals surface area contributed by atoms with Gasteiger partial charge in [0.15, 0.2) is 0 Å². The lowest BCUT2D eigenvalue weighted by Crippen LogP contribution is -2.47. The summed E-state index contributed by atoms with van der Waals surface area (Å²) < 4.78 is 5.63. The number of hydrogen-bond acceptors (Lipinski definition) is 5. The van der Waals surface area contributed by atoms with Crippen LogP contribution >= 0.6 is 15.9 Å². The van der Waals surface area contributed by atoms with Crippen LogP contribution in [0.1, 0.15) is 55.3 Å². The number of carbonyl (C=O) groups excluding carboxylic acids is 2. The molecule has 142 valence electrons. The minimum atomic E-state index is -0.387. The zero-order valence-electron chi connectivity index (χ0n) is 15.2. The van der Waals surface area contributed by atoms with E-state index in [4.69, 9.17) is 4.74 Å². The summed E-state index contributed by atoms with van der Waals surface area (Å²) in [6.45, 7) is 1.52. The number of nitrogens with zero attached hydrogens (tertiary/aromatic N) is 2. The van der Waals surface area contributed by atoms with Crippen LogP contribution in [0.15, 0.2) is 16.7 Å². The van der Waals surface area contributed by atoms with Gasteiger partial charge in [0.25, 0.3) is 0 Å². The molecule has 1 aromatic heterocycles. The molecule has 0 atom stereocenters. The van der Waals surface area contributed by atoms with Gasteiger partial charge in [0.05, 0.1) is 7.11 Å². The van der Waals surface area contributed by atoms with E-state index in [9.17, 15) is 9.59 Å². The predicted octanol–water partition coefficient (Wildman–Crippen LogP) is 3.30. The fraction of sp³-hybridized carbons (Fsp3) is 0.632. The van der Waals surface area contributed by atoms with E-state index in [1.807, 2.05) is 0 Å². The van der Waals surface area contributed by atoms with E-state index < -0.39 is 0 Å². The Morgan fingerprint density at radius 3 is 2.54 bits per heavy atom. The first-order valence-corrected chi connectivity index (χ1v) is 10.2. The third-order valence-electron chi connectivity index (χ3n) is 5.36. The Morgan fingerprint density at radius 1 is 1.19 bits per heavy atom. The van der Waals surface area contributed by atoms with E-state index in [0.717, 1.165) is 43.2 Å². The summed E-state index contributed by atoms with van der Waals surface area (Å²) in [7, 11) is 1.38. The van der Waals surface area contributed by atoms with Crippen molar-refractivity contribution in [3.63, 3.8) is 0 Å². The van der Waals surface area contributed by atoms with Crippen molar-refractivity contribution >= 4 is 33.6 Å².